The second kappa shape index (κ2) is 12.9. The number of benzene rings is 1. The molecule has 34 heavy (non-hydrogen) atoms. The van der Waals surface area contributed by atoms with E-state index in [2.05, 4.69) is 5.32 Å². The summed E-state index contributed by atoms with van der Waals surface area (Å²) in [4.78, 5) is 39.5. The van der Waals surface area contributed by atoms with E-state index >= 15 is 0 Å². The highest BCUT2D eigenvalue weighted by Gasteiger charge is 2.27. The van der Waals surface area contributed by atoms with Crippen LogP contribution in [0.5, 0.6) is 0 Å². The molecule has 0 radical (unpaired) electrons. The number of hydrogen-bond acceptors (Lipinski definition) is 7. The second-order valence-electron chi connectivity index (χ2n) is 9.04. The van der Waals surface area contributed by atoms with Gasteiger partial charge in [0.05, 0.1) is 31.4 Å². The van der Waals surface area contributed by atoms with E-state index in [0.717, 1.165) is 5.56 Å². The molecule has 0 fully saturated rings. The second-order valence-corrected chi connectivity index (χ2v) is 9.04. The number of nitrogens with one attached hydrogen (secondary N) is 1. The maximum absolute atomic E-state index is 13.2. The zero-order valence-electron chi connectivity index (χ0n) is 20.7. The molecular weight excluding hydrogens is 436 g/mol. The van der Waals surface area contributed by atoms with Crippen molar-refractivity contribution < 1.29 is 28.3 Å². The van der Waals surface area contributed by atoms with Gasteiger partial charge >= 0.3 is 11.9 Å². The fourth-order valence-corrected chi connectivity index (χ4v) is 3.49. The minimum absolute atomic E-state index is 0.145. The van der Waals surface area contributed by atoms with Gasteiger partial charge in [-0.1, -0.05) is 30.3 Å². The summed E-state index contributed by atoms with van der Waals surface area (Å²) < 4.78 is 16.0. The van der Waals surface area contributed by atoms with Crippen LogP contribution in [-0.4, -0.2) is 54.1 Å². The highest BCUT2D eigenvalue weighted by atomic mass is 16.6. The van der Waals surface area contributed by atoms with Gasteiger partial charge in [0.15, 0.2) is 0 Å². The summed E-state index contributed by atoms with van der Waals surface area (Å²) in [5.74, 6) is -0.924. The fourth-order valence-electron chi connectivity index (χ4n) is 3.49. The molecule has 186 valence electrons. The molecule has 2 aromatic rings. The molecule has 1 amide bonds. The molecule has 0 bridgehead atoms. The largest absolute Gasteiger partial charge is 0.467 e. The van der Waals surface area contributed by atoms with Crippen LogP contribution in [0.4, 0.5) is 0 Å². The van der Waals surface area contributed by atoms with Gasteiger partial charge in [-0.2, -0.15) is 0 Å². The number of nitrogens with zero attached hydrogens (tertiary/aromatic N) is 1. The van der Waals surface area contributed by atoms with Gasteiger partial charge in [0, 0.05) is 0 Å². The summed E-state index contributed by atoms with van der Waals surface area (Å²) in [5, 5.41) is 3.18. The first kappa shape index (κ1) is 27.1. The number of esters is 2. The topological polar surface area (TPSA) is 98.1 Å². The fraction of sp³-hybridized carbons (Fsp3) is 0.500. The van der Waals surface area contributed by atoms with Crippen molar-refractivity contribution in [2.24, 2.45) is 0 Å². The normalized spacial score (nSPS) is 13.1. The Morgan fingerprint density at radius 3 is 2.38 bits per heavy atom. The molecule has 0 aliphatic heterocycles. The minimum Gasteiger partial charge on any atom is -0.467 e. The molecule has 8 nitrogen and oxygen atoms in total. The van der Waals surface area contributed by atoms with E-state index in [4.69, 9.17) is 13.9 Å². The molecule has 1 unspecified atom stereocenters. The van der Waals surface area contributed by atoms with Crippen LogP contribution in [0.3, 0.4) is 0 Å². The van der Waals surface area contributed by atoms with Gasteiger partial charge in [0.2, 0.25) is 5.91 Å². The summed E-state index contributed by atoms with van der Waals surface area (Å²) in [6.07, 6.45) is 1.98. The first-order valence-electron chi connectivity index (χ1n) is 11.6. The van der Waals surface area contributed by atoms with E-state index in [9.17, 15) is 14.4 Å². The van der Waals surface area contributed by atoms with Crippen molar-refractivity contribution in [1.82, 2.24) is 10.2 Å². The van der Waals surface area contributed by atoms with Crippen LogP contribution in [0.1, 0.15) is 58.3 Å². The van der Waals surface area contributed by atoms with Gasteiger partial charge in [-0.25, -0.2) is 0 Å². The summed E-state index contributed by atoms with van der Waals surface area (Å²) in [6, 6.07) is 12.3. The molecule has 1 aromatic carbocycles. The molecule has 2 atom stereocenters. The maximum atomic E-state index is 13.2. The van der Waals surface area contributed by atoms with Gasteiger partial charge < -0.3 is 24.1 Å². The third-order valence-corrected chi connectivity index (χ3v) is 5.01. The lowest BCUT2D eigenvalue weighted by atomic mass is 9.95. The van der Waals surface area contributed by atoms with Gasteiger partial charge in [0.1, 0.15) is 17.9 Å². The van der Waals surface area contributed by atoms with E-state index in [1.54, 1.807) is 46.8 Å². The Balaban J connectivity index is 2.02. The van der Waals surface area contributed by atoms with Gasteiger partial charge in [-0.15, -0.1) is 0 Å². The molecule has 0 aliphatic carbocycles. The zero-order chi connectivity index (χ0) is 25.1. The zero-order valence-corrected chi connectivity index (χ0v) is 20.7. The van der Waals surface area contributed by atoms with E-state index < -0.39 is 23.5 Å². The average Bonchev–Trinajstić information content (AvgIpc) is 3.28. The van der Waals surface area contributed by atoms with Crippen LogP contribution < -0.4 is 5.32 Å². The van der Waals surface area contributed by atoms with Crippen LogP contribution in [0.15, 0.2) is 53.1 Å². The Hall–Kier alpha value is -3.13. The van der Waals surface area contributed by atoms with Gasteiger partial charge in [0.25, 0.3) is 0 Å². The Morgan fingerprint density at radius 2 is 1.79 bits per heavy atom. The smallest absolute Gasteiger partial charge is 0.326 e. The lowest BCUT2D eigenvalue weighted by Crippen LogP contribution is -2.47. The summed E-state index contributed by atoms with van der Waals surface area (Å²) in [7, 11) is 0. The summed E-state index contributed by atoms with van der Waals surface area (Å²) in [6.45, 7) is 9.50. The number of hydrogen-bond donors (Lipinski definition) is 1. The van der Waals surface area contributed by atoms with Crippen molar-refractivity contribution in [1.29, 1.82) is 0 Å². The van der Waals surface area contributed by atoms with Crippen molar-refractivity contribution in [3.63, 3.8) is 0 Å². The van der Waals surface area contributed by atoms with E-state index in [1.807, 2.05) is 30.3 Å². The van der Waals surface area contributed by atoms with Crippen LogP contribution in [-0.2, 0) is 30.4 Å². The molecule has 1 heterocycles. The van der Waals surface area contributed by atoms with E-state index in [1.165, 1.54) is 11.2 Å². The van der Waals surface area contributed by atoms with Gasteiger partial charge in [-0.3, -0.25) is 14.4 Å². The van der Waals surface area contributed by atoms with Gasteiger partial charge in [-0.05, 0) is 65.3 Å². The monoisotopic (exact) mass is 472 g/mol. The van der Waals surface area contributed by atoms with Crippen molar-refractivity contribution in [2.45, 2.75) is 65.1 Å². The molecule has 2 rings (SSSR count). The summed E-state index contributed by atoms with van der Waals surface area (Å²) in [5.41, 5.74) is 0.214. The minimum atomic E-state index is -0.653. The number of rotatable bonds is 12. The maximum Gasteiger partial charge on any atom is 0.326 e. The van der Waals surface area contributed by atoms with Crippen LogP contribution in [0, 0.1) is 0 Å². The van der Waals surface area contributed by atoms with E-state index in [0.29, 0.717) is 25.3 Å². The number of furan rings is 1. The standard InChI is InChI=1S/C26H36N2O6/c1-6-32-25(31)22(20-11-8-7-9-12-20)14-15-27-19(2)24(30)28(17-21-13-10-16-33-21)18-23(29)34-26(3,4)5/h7-13,16,19,22,27H,6,14-15,17-18H2,1-5H3/t19-,22?/m0/s1. The number of ether oxygens (including phenoxy) is 2. The van der Waals surface area contributed by atoms with Crippen LogP contribution in [0.2, 0.25) is 0 Å². The number of amides is 1. The molecule has 1 aromatic heterocycles. The molecular formula is C26H36N2O6. The molecule has 0 spiro atoms. The SMILES string of the molecule is CCOC(=O)C(CCN[C@@H](C)C(=O)N(CC(=O)OC(C)(C)C)Cc1ccco1)c1ccccc1. The molecule has 0 saturated carbocycles. The predicted molar refractivity (Wildman–Crippen MR) is 128 cm³/mol. The highest BCUT2D eigenvalue weighted by Crippen LogP contribution is 2.21. The highest BCUT2D eigenvalue weighted by molar-refractivity contribution is 5.85. The summed E-state index contributed by atoms with van der Waals surface area (Å²) >= 11 is 0. The predicted octanol–water partition coefficient (Wildman–Crippen LogP) is 3.67. The Labute approximate surface area is 201 Å². The lowest BCUT2D eigenvalue weighted by molar-refractivity contribution is -0.159. The van der Waals surface area contributed by atoms with Crippen molar-refractivity contribution in [3.05, 3.63) is 60.1 Å². The quantitative estimate of drug-likeness (QED) is 0.471. The first-order chi connectivity index (χ1) is 16.1. The third-order valence-electron chi connectivity index (χ3n) is 5.01. The first-order valence-corrected chi connectivity index (χ1v) is 11.6. The van der Waals surface area contributed by atoms with Crippen LogP contribution >= 0.6 is 0 Å². The Morgan fingerprint density at radius 1 is 1.09 bits per heavy atom. The number of carbonyl (C=O) groups is 3. The van der Waals surface area contributed by atoms with Crippen molar-refractivity contribution >= 4 is 17.8 Å². The molecule has 8 heteroatoms. The Bertz CT molecular complexity index is 905. The van der Waals surface area contributed by atoms with Crippen molar-refractivity contribution in [2.75, 3.05) is 19.7 Å². The average molecular weight is 473 g/mol. The Kier molecular flexibility index (Phi) is 10.3. The van der Waals surface area contributed by atoms with Crippen LogP contribution in [0.25, 0.3) is 0 Å². The lowest BCUT2D eigenvalue weighted by Gasteiger charge is -2.27. The van der Waals surface area contributed by atoms with E-state index in [-0.39, 0.29) is 25.0 Å². The van der Waals surface area contributed by atoms with Crippen molar-refractivity contribution in [3.8, 4) is 0 Å². The molecule has 0 aliphatic rings. The third kappa shape index (κ3) is 9.02. The molecule has 0 saturated heterocycles. The molecule has 1 N–H and O–H groups in total. The number of carbonyl (C=O) groups excluding carboxylic acids is 3.